The summed E-state index contributed by atoms with van der Waals surface area (Å²) in [6.07, 6.45) is -0.683. The highest BCUT2D eigenvalue weighted by atomic mass is 79.9. The predicted molar refractivity (Wildman–Crippen MR) is 87.1 cm³/mol. The Balaban J connectivity index is 2.42. The molecule has 2 nitrogen and oxygen atoms in total. The third-order valence-electron chi connectivity index (χ3n) is 3.57. The summed E-state index contributed by atoms with van der Waals surface area (Å²) in [7, 11) is 0. The van der Waals surface area contributed by atoms with Crippen LogP contribution >= 0.6 is 27.5 Å². The quantitative estimate of drug-likeness (QED) is 0.865. The minimum absolute atomic E-state index is 0.225. The van der Waals surface area contributed by atoms with Gasteiger partial charge in [0.15, 0.2) is 0 Å². The average Bonchev–Trinajstić information content (AvgIpc) is 2.44. The van der Waals surface area contributed by atoms with Crippen LogP contribution in [0.3, 0.4) is 0 Å². The normalized spacial score (nSPS) is 14.1. The van der Waals surface area contributed by atoms with Crippen LogP contribution in [0.25, 0.3) is 0 Å². The molecule has 20 heavy (non-hydrogen) atoms. The first-order valence-electron chi connectivity index (χ1n) is 6.43. The van der Waals surface area contributed by atoms with Crippen molar-refractivity contribution in [1.29, 1.82) is 0 Å². The van der Waals surface area contributed by atoms with Gasteiger partial charge in [-0.25, -0.2) is 0 Å². The molecule has 0 aliphatic carbocycles. The molecule has 0 spiro atoms. The number of aliphatic hydroxyl groups is 1. The molecular weight excluding hydrogens is 338 g/mol. The Morgan fingerprint density at radius 1 is 1.15 bits per heavy atom. The van der Waals surface area contributed by atoms with E-state index in [4.69, 9.17) is 17.3 Å². The van der Waals surface area contributed by atoms with Crippen LogP contribution in [0.2, 0.25) is 5.02 Å². The molecular formula is C16H17BrClNO. The Labute approximate surface area is 132 Å². The molecule has 0 heterocycles. The molecule has 2 aromatic rings. The first-order chi connectivity index (χ1) is 9.56. The molecule has 0 amide bonds. The van der Waals surface area contributed by atoms with Crippen LogP contribution in [0.15, 0.2) is 46.9 Å². The lowest BCUT2D eigenvalue weighted by Gasteiger charge is -2.24. The maximum absolute atomic E-state index is 10.7. The summed E-state index contributed by atoms with van der Waals surface area (Å²) in [5.74, 6) is -0.225. The fourth-order valence-electron chi connectivity index (χ4n) is 2.36. The minimum atomic E-state index is -0.683. The van der Waals surface area contributed by atoms with E-state index in [0.29, 0.717) is 11.6 Å². The van der Waals surface area contributed by atoms with E-state index in [9.17, 15) is 5.11 Å². The highest BCUT2D eigenvalue weighted by molar-refractivity contribution is 9.10. The number of aliphatic hydroxyl groups excluding tert-OH is 1. The molecule has 4 heteroatoms. The van der Waals surface area contributed by atoms with E-state index < -0.39 is 6.10 Å². The van der Waals surface area contributed by atoms with Crippen molar-refractivity contribution in [3.63, 3.8) is 0 Å². The summed E-state index contributed by atoms with van der Waals surface area (Å²) in [6.45, 7) is 2.31. The molecule has 0 bridgehead atoms. The smallest absolute Gasteiger partial charge is 0.0874 e. The SMILES string of the molecule is Cc1c(Br)cccc1C(O)C(CN)c1ccccc1Cl. The van der Waals surface area contributed by atoms with Crippen LogP contribution in [0, 0.1) is 6.92 Å². The summed E-state index contributed by atoms with van der Waals surface area (Å²) >= 11 is 9.71. The number of benzene rings is 2. The molecule has 2 rings (SSSR count). The number of halogens is 2. The second-order valence-corrected chi connectivity index (χ2v) is 6.02. The van der Waals surface area contributed by atoms with E-state index in [2.05, 4.69) is 15.9 Å². The highest BCUT2D eigenvalue weighted by Crippen LogP contribution is 2.36. The zero-order chi connectivity index (χ0) is 14.7. The average molecular weight is 355 g/mol. The van der Waals surface area contributed by atoms with E-state index in [1.165, 1.54) is 0 Å². The minimum Gasteiger partial charge on any atom is -0.388 e. The Morgan fingerprint density at radius 3 is 2.45 bits per heavy atom. The van der Waals surface area contributed by atoms with Gasteiger partial charge in [0.2, 0.25) is 0 Å². The number of nitrogens with two attached hydrogens (primary N) is 1. The first kappa shape index (κ1) is 15.5. The largest absolute Gasteiger partial charge is 0.388 e. The second-order valence-electron chi connectivity index (χ2n) is 4.76. The van der Waals surface area contributed by atoms with Crippen molar-refractivity contribution in [2.24, 2.45) is 5.73 Å². The molecule has 0 fully saturated rings. The molecule has 2 unspecified atom stereocenters. The zero-order valence-corrected chi connectivity index (χ0v) is 13.5. The van der Waals surface area contributed by atoms with Crippen molar-refractivity contribution in [2.75, 3.05) is 6.54 Å². The highest BCUT2D eigenvalue weighted by Gasteiger charge is 2.24. The summed E-state index contributed by atoms with van der Waals surface area (Å²) in [5.41, 5.74) is 8.64. The van der Waals surface area contributed by atoms with Crippen LogP contribution in [0.1, 0.15) is 28.7 Å². The molecule has 0 saturated heterocycles. The van der Waals surface area contributed by atoms with Gasteiger partial charge in [-0.2, -0.15) is 0 Å². The van der Waals surface area contributed by atoms with Gasteiger partial charge in [-0.05, 0) is 35.7 Å². The molecule has 2 aromatic carbocycles. The standard InChI is InChI=1S/C16H17BrClNO/c1-10-11(6-4-7-14(10)17)16(20)13(9-19)12-5-2-3-8-15(12)18/h2-8,13,16,20H,9,19H2,1H3. The third-order valence-corrected chi connectivity index (χ3v) is 4.77. The van der Waals surface area contributed by atoms with Crippen molar-refractivity contribution in [1.82, 2.24) is 0 Å². The lowest BCUT2D eigenvalue weighted by molar-refractivity contribution is 0.146. The maximum Gasteiger partial charge on any atom is 0.0874 e. The number of hydrogen-bond acceptors (Lipinski definition) is 2. The van der Waals surface area contributed by atoms with Gasteiger partial charge in [-0.3, -0.25) is 0 Å². The maximum atomic E-state index is 10.7. The lowest BCUT2D eigenvalue weighted by atomic mass is 9.87. The van der Waals surface area contributed by atoms with Gasteiger partial charge < -0.3 is 10.8 Å². The first-order valence-corrected chi connectivity index (χ1v) is 7.61. The lowest BCUT2D eigenvalue weighted by Crippen LogP contribution is -2.21. The zero-order valence-electron chi connectivity index (χ0n) is 11.2. The van der Waals surface area contributed by atoms with E-state index >= 15 is 0 Å². The van der Waals surface area contributed by atoms with E-state index in [1.54, 1.807) is 0 Å². The Kier molecular flexibility index (Phi) is 5.22. The predicted octanol–water partition coefficient (Wildman–Crippen LogP) is 4.19. The molecule has 3 N–H and O–H groups in total. The molecule has 2 atom stereocenters. The molecule has 106 valence electrons. The summed E-state index contributed by atoms with van der Waals surface area (Å²) < 4.78 is 0.976. The summed E-state index contributed by atoms with van der Waals surface area (Å²) in [6, 6.07) is 13.3. The topological polar surface area (TPSA) is 46.2 Å². The van der Waals surface area contributed by atoms with Crippen molar-refractivity contribution in [3.05, 3.63) is 68.7 Å². The van der Waals surface area contributed by atoms with E-state index in [-0.39, 0.29) is 5.92 Å². The molecule has 0 aromatic heterocycles. The monoisotopic (exact) mass is 353 g/mol. The van der Waals surface area contributed by atoms with Gasteiger partial charge in [-0.1, -0.05) is 57.9 Å². The van der Waals surface area contributed by atoms with Crippen LogP contribution < -0.4 is 5.73 Å². The van der Waals surface area contributed by atoms with Crippen LogP contribution in [-0.4, -0.2) is 11.7 Å². The van der Waals surface area contributed by atoms with Crippen LogP contribution in [0.5, 0.6) is 0 Å². The third kappa shape index (κ3) is 3.07. The number of rotatable bonds is 4. The van der Waals surface area contributed by atoms with Crippen LogP contribution in [-0.2, 0) is 0 Å². The van der Waals surface area contributed by atoms with Gasteiger partial charge in [0.25, 0.3) is 0 Å². The Morgan fingerprint density at radius 2 is 1.80 bits per heavy atom. The Bertz CT molecular complexity index is 603. The molecule has 0 aliphatic heterocycles. The molecule has 0 saturated carbocycles. The summed E-state index contributed by atoms with van der Waals surface area (Å²) in [5, 5.41) is 11.3. The number of hydrogen-bond donors (Lipinski definition) is 2. The van der Waals surface area contributed by atoms with Crippen LogP contribution in [0.4, 0.5) is 0 Å². The fraction of sp³-hybridized carbons (Fsp3) is 0.250. The van der Waals surface area contributed by atoms with Gasteiger partial charge in [0.1, 0.15) is 0 Å². The van der Waals surface area contributed by atoms with E-state index in [0.717, 1.165) is 21.2 Å². The van der Waals surface area contributed by atoms with Gasteiger partial charge >= 0.3 is 0 Å². The fourth-order valence-corrected chi connectivity index (χ4v) is 3.02. The molecule has 0 radical (unpaired) electrons. The van der Waals surface area contributed by atoms with Crippen molar-refractivity contribution in [2.45, 2.75) is 18.9 Å². The van der Waals surface area contributed by atoms with Gasteiger partial charge in [0, 0.05) is 22.0 Å². The van der Waals surface area contributed by atoms with Crippen molar-refractivity contribution in [3.8, 4) is 0 Å². The second kappa shape index (κ2) is 6.72. The van der Waals surface area contributed by atoms with Gasteiger partial charge in [0.05, 0.1) is 6.10 Å². The van der Waals surface area contributed by atoms with Crippen molar-refractivity contribution >= 4 is 27.5 Å². The van der Waals surface area contributed by atoms with E-state index in [1.807, 2.05) is 49.4 Å². The van der Waals surface area contributed by atoms with Crippen molar-refractivity contribution < 1.29 is 5.11 Å². The Hall–Kier alpha value is -0.870. The van der Waals surface area contributed by atoms with Gasteiger partial charge in [-0.15, -0.1) is 0 Å². The summed E-state index contributed by atoms with van der Waals surface area (Å²) in [4.78, 5) is 0. The molecule has 0 aliphatic rings.